The van der Waals surface area contributed by atoms with Gasteiger partial charge >= 0.3 is 6.09 Å². The van der Waals surface area contributed by atoms with Gasteiger partial charge in [-0.2, -0.15) is 0 Å². The first-order chi connectivity index (χ1) is 8.76. The normalized spacial score (nSPS) is 19.7. The minimum atomic E-state index is -0.336. The van der Waals surface area contributed by atoms with Crippen LogP contribution >= 0.6 is 23.2 Å². The van der Waals surface area contributed by atoms with Crippen molar-refractivity contribution in [2.75, 3.05) is 39.1 Å². The van der Waals surface area contributed by atoms with Gasteiger partial charge in [0.15, 0.2) is 6.10 Å². The number of hydrogen-bond acceptors (Lipinski definition) is 2. The number of carbonyl (C=O) groups is 1. The molecule has 6 heteroatoms. The van der Waals surface area contributed by atoms with E-state index in [0.717, 1.165) is 11.0 Å². The first kappa shape index (κ1) is 14.4. The van der Waals surface area contributed by atoms with Crippen molar-refractivity contribution in [2.24, 2.45) is 0 Å². The number of halogens is 2. The summed E-state index contributed by atoms with van der Waals surface area (Å²) < 4.78 is 6.11. The summed E-state index contributed by atoms with van der Waals surface area (Å²) in [5, 5.41) is 0.905. The molecule has 0 spiro atoms. The summed E-state index contributed by atoms with van der Waals surface area (Å²) >= 11 is 11.8. The van der Waals surface area contributed by atoms with E-state index in [2.05, 4.69) is 21.1 Å². The van der Waals surface area contributed by atoms with Crippen molar-refractivity contribution in [1.82, 2.24) is 0 Å². The molecule has 4 nitrogen and oxygen atoms in total. The van der Waals surface area contributed by atoms with Gasteiger partial charge in [-0.25, -0.2) is 4.79 Å². The van der Waals surface area contributed by atoms with E-state index < -0.39 is 0 Å². The van der Waals surface area contributed by atoms with Crippen LogP contribution in [-0.4, -0.2) is 50.9 Å². The fourth-order valence-corrected chi connectivity index (χ4v) is 2.38. The van der Waals surface area contributed by atoms with Gasteiger partial charge in [0.1, 0.15) is 6.54 Å². The van der Waals surface area contributed by atoms with Gasteiger partial charge in [-0.15, -0.1) is 0 Å². The second kappa shape index (κ2) is 5.19. The number of rotatable bonds is 3. The largest absolute Gasteiger partial charge is 0.438 e. The summed E-state index contributed by atoms with van der Waals surface area (Å²) in [6.45, 7) is 1.30. The Morgan fingerprint density at radius 2 is 2.00 bits per heavy atom. The molecule has 1 saturated heterocycles. The number of cyclic esters (lactones) is 1. The molecule has 0 aromatic heterocycles. The third-order valence-electron chi connectivity index (χ3n) is 2.84. The van der Waals surface area contributed by atoms with Crippen LogP contribution in [0.1, 0.15) is 0 Å². The lowest BCUT2D eigenvalue weighted by atomic mass is 10.2. The SMILES string of the molecule is C[N+](C)(C)C[C@H]1CN(c2ccc(Cl)c(Cl)c2)C(=O)O1. The van der Waals surface area contributed by atoms with Crippen molar-refractivity contribution in [2.45, 2.75) is 6.10 Å². The smallest absolute Gasteiger partial charge is 0.414 e. The fourth-order valence-electron chi connectivity index (χ4n) is 2.09. The predicted molar refractivity (Wildman–Crippen MR) is 77.0 cm³/mol. The van der Waals surface area contributed by atoms with E-state index >= 15 is 0 Å². The molecule has 1 aliphatic heterocycles. The number of amides is 1. The Morgan fingerprint density at radius 1 is 1.32 bits per heavy atom. The Kier molecular flexibility index (Phi) is 3.95. The maximum absolute atomic E-state index is 11.9. The van der Waals surface area contributed by atoms with Crippen LogP contribution in [0.3, 0.4) is 0 Å². The molecule has 0 bridgehead atoms. The van der Waals surface area contributed by atoms with E-state index in [1.165, 1.54) is 0 Å². The number of quaternary nitrogens is 1. The van der Waals surface area contributed by atoms with Crippen molar-refractivity contribution < 1.29 is 14.0 Å². The fraction of sp³-hybridized carbons (Fsp3) is 0.462. The van der Waals surface area contributed by atoms with E-state index in [-0.39, 0.29) is 12.2 Å². The standard InChI is InChI=1S/C13H17Cl2N2O2/c1-17(2,3)8-10-7-16(13(18)19-10)9-4-5-11(14)12(15)6-9/h4-6,10H,7-8H2,1-3H3/q+1/t10-/m1/s1. The van der Waals surface area contributed by atoms with Gasteiger partial charge < -0.3 is 9.22 Å². The van der Waals surface area contributed by atoms with Crippen LogP contribution < -0.4 is 4.90 Å². The molecule has 1 heterocycles. The first-order valence-corrected chi connectivity index (χ1v) is 6.75. The summed E-state index contributed by atoms with van der Waals surface area (Å²) in [6, 6.07) is 5.13. The van der Waals surface area contributed by atoms with Crippen LogP contribution in [0.15, 0.2) is 18.2 Å². The molecule has 1 fully saturated rings. The minimum Gasteiger partial charge on any atom is -0.438 e. The van der Waals surface area contributed by atoms with E-state index in [1.54, 1.807) is 23.1 Å². The number of hydrogen-bond donors (Lipinski definition) is 0. The molecule has 1 aromatic carbocycles. The summed E-state index contributed by atoms with van der Waals surface area (Å²) in [5.74, 6) is 0. The van der Waals surface area contributed by atoms with Gasteiger partial charge in [0.25, 0.3) is 0 Å². The van der Waals surface area contributed by atoms with Crippen molar-refractivity contribution in [1.29, 1.82) is 0 Å². The average molecular weight is 304 g/mol. The Hall–Kier alpha value is -0.970. The number of benzene rings is 1. The second-order valence-corrected chi connectivity index (χ2v) is 6.50. The third kappa shape index (κ3) is 3.53. The molecule has 19 heavy (non-hydrogen) atoms. The highest BCUT2D eigenvalue weighted by atomic mass is 35.5. The lowest BCUT2D eigenvalue weighted by molar-refractivity contribution is -0.873. The highest BCUT2D eigenvalue weighted by Gasteiger charge is 2.35. The van der Waals surface area contributed by atoms with E-state index in [9.17, 15) is 4.79 Å². The summed E-state index contributed by atoms with van der Waals surface area (Å²) in [4.78, 5) is 13.5. The molecular weight excluding hydrogens is 287 g/mol. The Bertz CT molecular complexity index is 500. The number of carbonyl (C=O) groups excluding carboxylic acids is 1. The highest BCUT2D eigenvalue weighted by Crippen LogP contribution is 2.29. The quantitative estimate of drug-likeness (QED) is 0.803. The Labute approximate surface area is 123 Å². The Morgan fingerprint density at radius 3 is 2.58 bits per heavy atom. The Balaban J connectivity index is 2.13. The average Bonchev–Trinajstić information content (AvgIpc) is 2.61. The second-order valence-electron chi connectivity index (χ2n) is 5.69. The van der Waals surface area contributed by atoms with E-state index in [0.29, 0.717) is 22.3 Å². The lowest BCUT2D eigenvalue weighted by Crippen LogP contribution is -2.42. The molecule has 1 atom stereocenters. The zero-order valence-electron chi connectivity index (χ0n) is 11.2. The highest BCUT2D eigenvalue weighted by molar-refractivity contribution is 6.42. The van der Waals surface area contributed by atoms with E-state index in [4.69, 9.17) is 27.9 Å². The van der Waals surface area contributed by atoms with Crippen molar-refractivity contribution in [3.05, 3.63) is 28.2 Å². The third-order valence-corrected chi connectivity index (χ3v) is 3.58. The maximum atomic E-state index is 11.9. The molecule has 0 saturated carbocycles. The monoisotopic (exact) mass is 303 g/mol. The number of ether oxygens (including phenoxy) is 1. The minimum absolute atomic E-state index is 0.109. The van der Waals surface area contributed by atoms with Crippen LogP contribution in [0.4, 0.5) is 10.5 Å². The predicted octanol–water partition coefficient (Wildman–Crippen LogP) is 3.02. The zero-order chi connectivity index (χ0) is 14.2. The molecule has 0 N–H and O–H groups in total. The van der Waals surface area contributed by atoms with Crippen LogP contribution in [0.25, 0.3) is 0 Å². The van der Waals surface area contributed by atoms with Crippen LogP contribution in [0, 0.1) is 0 Å². The van der Waals surface area contributed by atoms with Crippen molar-refractivity contribution in [3.8, 4) is 0 Å². The molecule has 2 rings (SSSR count). The number of anilines is 1. The van der Waals surface area contributed by atoms with Gasteiger partial charge in [-0.05, 0) is 18.2 Å². The zero-order valence-corrected chi connectivity index (χ0v) is 12.7. The molecule has 1 aromatic rings. The lowest BCUT2D eigenvalue weighted by Gasteiger charge is -2.26. The molecule has 0 unspecified atom stereocenters. The van der Waals surface area contributed by atoms with E-state index in [1.807, 2.05) is 0 Å². The van der Waals surface area contributed by atoms with Gasteiger partial charge in [-0.1, -0.05) is 23.2 Å². The number of nitrogens with zero attached hydrogens (tertiary/aromatic N) is 2. The number of likely N-dealkylation sites (N-methyl/N-ethyl adjacent to an activating group) is 1. The summed E-state index contributed by atoms with van der Waals surface area (Å²) in [7, 11) is 6.20. The van der Waals surface area contributed by atoms with Gasteiger partial charge in [0.05, 0.1) is 37.7 Å². The molecule has 104 valence electrons. The summed E-state index contributed by atoms with van der Waals surface area (Å²) in [6.07, 6.45) is -0.446. The van der Waals surface area contributed by atoms with Gasteiger partial charge in [-0.3, -0.25) is 4.90 Å². The molecule has 1 aliphatic rings. The van der Waals surface area contributed by atoms with Crippen LogP contribution in [0.2, 0.25) is 10.0 Å². The van der Waals surface area contributed by atoms with Gasteiger partial charge in [0.2, 0.25) is 0 Å². The van der Waals surface area contributed by atoms with Gasteiger partial charge in [0, 0.05) is 5.69 Å². The first-order valence-electron chi connectivity index (χ1n) is 6.00. The molecule has 0 radical (unpaired) electrons. The van der Waals surface area contributed by atoms with Crippen molar-refractivity contribution >= 4 is 35.0 Å². The molecular formula is C13H17Cl2N2O2+. The topological polar surface area (TPSA) is 29.5 Å². The maximum Gasteiger partial charge on any atom is 0.414 e. The molecule has 1 amide bonds. The molecule has 0 aliphatic carbocycles. The van der Waals surface area contributed by atoms with Crippen molar-refractivity contribution in [3.63, 3.8) is 0 Å². The summed E-state index contributed by atoms with van der Waals surface area (Å²) in [5.41, 5.74) is 0.711. The van der Waals surface area contributed by atoms with Crippen LogP contribution in [0.5, 0.6) is 0 Å². The van der Waals surface area contributed by atoms with Crippen LogP contribution in [-0.2, 0) is 4.74 Å².